The summed E-state index contributed by atoms with van der Waals surface area (Å²) in [5.74, 6) is 1.49. The van der Waals surface area contributed by atoms with E-state index >= 15 is 0 Å². The summed E-state index contributed by atoms with van der Waals surface area (Å²) in [6.45, 7) is 14.0. The van der Waals surface area contributed by atoms with Gasteiger partial charge in [0.1, 0.15) is 0 Å². The Morgan fingerprint density at radius 3 is 2.67 bits per heavy atom. The van der Waals surface area contributed by atoms with Crippen LogP contribution in [0.25, 0.3) is 0 Å². The molecule has 0 aromatic rings. The van der Waals surface area contributed by atoms with E-state index in [4.69, 9.17) is 4.74 Å². The van der Waals surface area contributed by atoms with Crippen molar-refractivity contribution in [3.05, 3.63) is 0 Å². The molecule has 2 rings (SSSR count). The largest absolute Gasteiger partial charge is 0.378 e. The van der Waals surface area contributed by atoms with Crippen LogP contribution >= 0.6 is 0 Å². The lowest BCUT2D eigenvalue weighted by atomic mass is 9.91. The Hall–Kier alpha value is -0.120. The zero-order valence-electron chi connectivity index (χ0n) is 14.6. The zero-order valence-corrected chi connectivity index (χ0v) is 14.6. The molecule has 3 nitrogen and oxygen atoms in total. The molecule has 0 amide bonds. The van der Waals surface area contributed by atoms with Gasteiger partial charge in [0.15, 0.2) is 0 Å². The van der Waals surface area contributed by atoms with Crippen LogP contribution in [0.1, 0.15) is 59.8 Å². The van der Waals surface area contributed by atoms with Gasteiger partial charge in [0, 0.05) is 38.3 Å². The highest BCUT2D eigenvalue weighted by atomic mass is 16.5. The highest BCUT2D eigenvalue weighted by Crippen LogP contribution is 2.22. The highest BCUT2D eigenvalue weighted by Gasteiger charge is 2.31. The Morgan fingerprint density at radius 1 is 1.24 bits per heavy atom. The quantitative estimate of drug-likeness (QED) is 0.814. The van der Waals surface area contributed by atoms with E-state index < -0.39 is 0 Å². The van der Waals surface area contributed by atoms with E-state index in [9.17, 15) is 0 Å². The summed E-state index contributed by atoms with van der Waals surface area (Å²) in [5.41, 5.74) is 0. The lowest BCUT2D eigenvalue weighted by Gasteiger charge is -2.44. The third-order valence-corrected chi connectivity index (χ3v) is 5.60. The number of nitrogens with zero attached hydrogens (tertiary/aromatic N) is 1. The number of rotatable bonds is 6. The maximum Gasteiger partial charge on any atom is 0.0587 e. The van der Waals surface area contributed by atoms with Gasteiger partial charge in [-0.25, -0.2) is 0 Å². The first kappa shape index (κ1) is 17.2. The molecule has 1 N–H and O–H groups in total. The molecule has 0 radical (unpaired) electrons. The van der Waals surface area contributed by atoms with E-state index in [1.54, 1.807) is 0 Å². The van der Waals surface area contributed by atoms with Crippen LogP contribution in [-0.4, -0.2) is 49.3 Å². The summed E-state index contributed by atoms with van der Waals surface area (Å²) in [5, 5.41) is 3.80. The fraction of sp³-hybridized carbons (Fsp3) is 1.00. The number of nitrogens with one attached hydrogen (secondary N) is 1. The molecular formula is C18H36N2O. The van der Waals surface area contributed by atoms with Crippen molar-refractivity contribution in [2.24, 2.45) is 11.8 Å². The van der Waals surface area contributed by atoms with Gasteiger partial charge >= 0.3 is 0 Å². The Bertz CT molecular complexity index is 289. The summed E-state index contributed by atoms with van der Waals surface area (Å²) in [4.78, 5) is 2.75. The van der Waals surface area contributed by atoms with E-state index in [0.29, 0.717) is 18.2 Å². The molecule has 124 valence electrons. The highest BCUT2D eigenvalue weighted by molar-refractivity contribution is 4.90. The fourth-order valence-corrected chi connectivity index (χ4v) is 3.78. The van der Waals surface area contributed by atoms with Gasteiger partial charge in [0.2, 0.25) is 0 Å². The second-order valence-corrected chi connectivity index (χ2v) is 7.48. The van der Waals surface area contributed by atoms with Gasteiger partial charge in [0.25, 0.3) is 0 Å². The first-order valence-corrected chi connectivity index (χ1v) is 9.20. The van der Waals surface area contributed by atoms with Gasteiger partial charge in [0.05, 0.1) is 6.10 Å². The minimum absolute atomic E-state index is 0.517. The number of hydrogen-bond acceptors (Lipinski definition) is 3. The normalized spacial score (nSPS) is 33.3. The van der Waals surface area contributed by atoms with E-state index in [0.717, 1.165) is 25.0 Å². The van der Waals surface area contributed by atoms with Crippen LogP contribution in [0.5, 0.6) is 0 Å². The van der Waals surface area contributed by atoms with E-state index in [1.165, 1.54) is 45.2 Å². The summed E-state index contributed by atoms with van der Waals surface area (Å²) < 4.78 is 5.92. The smallest absolute Gasteiger partial charge is 0.0587 e. The molecule has 0 aromatic heterocycles. The van der Waals surface area contributed by atoms with Crippen molar-refractivity contribution in [2.45, 2.75) is 78.0 Å². The summed E-state index contributed by atoms with van der Waals surface area (Å²) in [6.07, 6.45) is 6.89. The lowest BCUT2D eigenvalue weighted by molar-refractivity contribution is -0.00440. The van der Waals surface area contributed by atoms with Crippen molar-refractivity contribution in [1.29, 1.82) is 0 Å². The van der Waals surface area contributed by atoms with Crippen molar-refractivity contribution >= 4 is 0 Å². The first-order chi connectivity index (χ1) is 10.1. The number of piperazine rings is 1. The predicted molar refractivity (Wildman–Crippen MR) is 89.7 cm³/mol. The lowest BCUT2D eigenvalue weighted by Crippen LogP contribution is -2.60. The maximum absolute atomic E-state index is 5.92. The maximum atomic E-state index is 5.92. The predicted octanol–water partition coefficient (Wildman–Crippen LogP) is 3.29. The average molecular weight is 296 g/mol. The van der Waals surface area contributed by atoms with E-state index in [2.05, 4.69) is 37.9 Å². The van der Waals surface area contributed by atoms with E-state index in [1.807, 2.05) is 0 Å². The van der Waals surface area contributed by atoms with E-state index in [-0.39, 0.29) is 0 Å². The molecule has 0 aliphatic carbocycles. The van der Waals surface area contributed by atoms with Crippen LogP contribution in [0.15, 0.2) is 0 Å². The molecule has 4 atom stereocenters. The fourth-order valence-electron chi connectivity index (χ4n) is 3.78. The monoisotopic (exact) mass is 296 g/mol. The third-order valence-electron chi connectivity index (χ3n) is 5.60. The standard InChI is InChI=1S/C18H36N2O/c1-5-15(4)17-13-20(18(12-19-17)14(2)3)10-9-16-8-6-7-11-21-16/h14-19H,5-13H2,1-4H3. The zero-order chi connectivity index (χ0) is 15.2. The first-order valence-electron chi connectivity index (χ1n) is 9.20. The third kappa shape index (κ3) is 4.94. The van der Waals surface area contributed by atoms with Crippen LogP contribution in [0.4, 0.5) is 0 Å². The van der Waals surface area contributed by atoms with Crippen molar-refractivity contribution < 1.29 is 4.74 Å². The molecule has 2 aliphatic rings. The molecule has 0 aromatic carbocycles. The Kier molecular flexibility index (Phi) is 6.97. The summed E-state index contributed by atoms with van der Waals surface area (Å²) >= 11 is 0. The van der Waals surface area contributed by atoms with Gasteiger partial charge in [-0.3, -0.25) is 4.90 Å². The minimum Gasteiger partial charge on any atom is -0.378 e. The Morgan fingerprint density at radius 2 is 2.05 bits per heavy atom. The van der Waals surface area contributed by atoms with Gasteiger partial charge < -0.3 is 10.1 Å². The second-order valence-electron chi connectivity index (χ2n) is 7.48. The summed E-state index contributed by atoms with van der Waals surface area (Å²) in [6, 6.07) is 1.35. The van der Waals surface area contributed by atoms with Gasteiger partial charge in [-0.15, -0.1) is 0 Å². The molecule has 2 aliphatic heterocycles. The number of hydrogen-bond donors (Lipinski definition) is 1. The van der Waals surface area contributed by atoms with Crippen LogP contribution in [0.3, 0.4) is 0 Å². The van der Waals surface area contributed by atoms with Gasteiger partial charge in [-0.2, -0.15) is 0 Å². The van der Waals surface area contributed by atoms with Crippen LogP contribution in [0, 0.1) is 11.8 Å². The molecule has 0 spiro atoms. The minimum atomic E-state index is 0.517. The number of ether oxygens (including phenoxy) is 1. The second kappa shape index (κ2) is 8.50. The summed E-state index contributed by atoms with van der Waals surface area (Å²) in [7, 11) is 0. The topological polar surface area (TPSA) is 24.5 Å². The van der Waals surface area contributed by atoms with Gasteiger partial charge in [-0.05, 0) is 37.5 Å². The van der Waals surface area contributed by atoms with Gasteiger partial charge in [-0.1, -0.05) is 34.1 Å². The molecule has 3 heteroatoms. The van der Waals surface area contributed by atoms with Crippen molar-refractivity contribution in [3.63, 3.8) is 0 Å². The van der Waals surface area contributed by atoms with Crippen molar-refractivity contribution in [2.75, 3.05) is 26.2 Å². The molecule has 2 fully saturated rings. The Labute approximate surface area is 131 Å². The Balaban J connectivity index is 1.87. The molecule has 0 saturated carbocycles. The van der Waals surface area contributed by atoms with Crippen LogP contribution < -0.4 is 5.32 Å². The molecule has 2 heterocycles. The average Bonchev–Trinajstić information content (AvgIpc) is 2.52. The van der Waals surface area contributed by atoms with Crippen LogP contribution in [0.2, 0.25) is 0 Å². The molecule has 4 unspecified atom stereocenters. The molecule has 21 heavy (non-hydrogen) atoms. The molecule has 2 saturated heterocycles. The molecular weight excluding hydrogens is 260 g/mol. The van der Waals surface area contributed by atoms with Crippen molar-refractivity contribution in [1.82, 2.24) is 10.2 Å². The van der Waals surface area contributed by atoms with Crippen molar-refractivity contribution in [3.8, 4) is 0 Å². The molecule has 0 bridgehead atoms. The SMILES string of the molecule is CCC(C)C1CN(CCC2CCCCO2)C(C(C)C)CN1. The van der Waals surface area contributed by atoms with Crippen LogP contribution in [-0.2, 0) is 4.74 Å².